The molecule has 2 aliphatic carbocycles. The van der Waals surface area contributed by atoms with Crippen molar-refractivity contribution in [1.29, 1.82) is 0 Å². The van der Waals surface area contributed by atoms with Gasteiger partial charge in [0, 0.05) is 12.6 Å². The Morgan fingerprint density at radius 1 is 1.24 bits per heavy atom. The fourth-order valence-corrected chi connectivity index (χ4v) is 4.64. The van der Waals surface area contributed by atoms with Crippen molar-refractivity contribution >= 4 is 17.8 Å². The quantitative estimate of drug-likeness (QED) is 0.649. The number of nitrogens with two attached hydrogens (primary N) is 1. The fraction of sp³-hybridized carbons (Fsp3) is 0.833. The van der Waals surface area contributed by atoms with Crippen molar-refractivity contribution in [3.8, 4) is 0 Å². The first-order valence-corrected chi connectivity index (χ1v) is 9.65. The predicted octanol–water partition coefficient (Wildman–Crippen LogP) is 1.26. The predicted molar refractivity (Wildman–Crippen MR) is 93.6 cm³/mol. The van der Waals surface area contributed by atoms with Gasteiger partial charge >= 0.3 is 6.03 Å². The van der Waals surface area contributed by atoms with Gasteiger partial charge in [0.15, 0.2) is 0 Å². The molecule has 0 aromatic heterocycles. The summed E-state index contributed by atoms with van der Waals surface area (Å²) in [5.74, 6) is -0.154. The molecule has 4 amide bonds. The Morgan fingerprint density at radius 2 is 1.88 bits per heavy atom. The molecule has 0 bridgehead atoms. The molecule has 7 heteroatoms. The van der Waals surface area contributed by atoms with Crippen LogP contribution in [0.25, 0.3) is 0 Å². The highest BCUT2D eigenvalue weighted by molar-refractivity contribution is 6.10. The molecule has 1 heterocycles. The van der Waals surface area contributed by atoms with Gasteiger partial charge < -0.3 is 16.4 Å². The molecule has 2 unspecified atom stereocenters. The molecule has 2 saturated carbocycles. The van der Waals surface area contributed by atoms with E-state index in [1.54, 1.807) is 6.92 Å². The Balaban J connectivity index is 1.65. The minimum absolute atomic E-state index is 0.0866. The van der Waals surface area contributed by atoms with Crippen LogP contribution in [0.1, 0.15) is 64.7 Å². The lowest BCUT2D eigenvalue weighted by atomic mass is 9.84. The summed E-state index contributed by atoms with van der Waals surface area (Å²) in [7, 11) is 0. The van der Waals surface area contributed by atoms with Crippen molar-refractivity contribution < 1.29 is 14.4 Å². The molecule has 3 rings (SSSR count). The molecular weight excluding hydrogens is 320 g/mol. The first-order valence-electron chi connectivity index (χ1n) is 9.65. The maximum atomic E-state index is 12.8. The summed E-state index contributed by atoms with van der Waals surface area (Å²) in [6.07, 6.45) is 8.90. The molecule has 0 aromatic carbocycles. The van der Waals surface area contributed by atoms with E-state index in [1.807, 2.05) is 0 Å². The van der Waals surface area contributed by atoms with Gasteiger partial charge in [-0.3, -0.25) is 9.59 Å². The fourth-order valence-electron chi connectivity index (χ4n) is 4.64. The molecule has 1 aliphatic heterocycles. The number of nitrogens with zero attached hydrogens (tertiary/aromatic N) is 1. The number of carbonyl (C=O) groups is 3. The average molecular weight is 350 g/mol. The Hall–Kier alpha value is -1.63. The van der Waals surface area contributed by atoms with Gasteiger partial charge in [-0.25, -0.2) is 9.69 Å². The Kier molecular flexibility index (Phi) is 5.32. The zero-order valence-electron chi connectivity index (χ0n) is 15.1. The van der Waals surface area contributed by atoms with E-state index in [1.165, 1.54) is 19.3 Å². The largest absolute Gasteiger partial charge is 0.350 e. The number of hydrogen-bond donors (Lipinski definition) is 3. The van der Waals surface area contributed by atoms with Crippen LogP contribution in [0.2, 0.25) is 0 Å². The summed E-state index contributed by atoms with van der Waals surface area (Å²) in [5.41, 5.74) is 5.10. The molecule has 1 spiro atoms. The molecule has 25 heavy (non-hydrogen) atoms. The first kappa shape index (κ1) is 18.2. The number of hydrogen-bond acceptors (Lipinski definition) is 4. The minimum atomic E-state index is -0.815. The van der Waals surface area contributed by atoms with E-state index in [9.17, 15) is 14.4 Å². The Bertz CT molecular complexity index is 538. The number of nitrogens with one attached hydrogen (secondary N) is 2. The highest BCUT2D eigenvalue weighted by Crippen LogP contribution is 2.35. The van der Waals surface area contributed by atoms with Crippen molar-refractivity contribution in [2.75, 3.05) is 6.54 Å². The van der Waals surface area contributed by atoms with Crippen molar-refractivity contribution in [3.63, 3.8) is 0 Å². The maximum Gasteiger partial charge on any atom is 0.325 e. The Labute approximate surface area is 149 Å². The van der Waals surface area contributed by atoms with Gasteiger partial charge in [0.25, 0.3) is 5.91 Å². The van der Waals surface area contributed by atoms with E-state index in [0.29, 0.717) is 25.3 Å². The molecule has 1 saturated heterocycles. The maximum absolute atomic E-state index is 12.8. The van der Waals surface area contributed by atoms with Gasteiger partial charge in [-0.1, -0.05) is 32.1 Å². The molecule has 0 radical (unpaired) electrons. The second-order valence-corrected chi connectivity index (χ2v) is 7.82. The van der Waals surface area contributed by atoms with Crippen LogP contribution in [-0.2, 0) is 9.59 Å². The highest BCUT2D eigenvalue weighted by Gasteiger charge is 2.54. The molecular formula is C18H30N4O3. The monoisotopic (exact) mass is 350 g/mol. The second kappa shape index (κ2) is 7.32. The molecule has 4 N–H and O–H groups in total. The Morgan fingerprint density at radius 3 is 2.48 bits per heavy atom. The van der Waals surface area contributed by atoms with Gasteiger partial charge in [-0.05, 0) is 38.5 Å². The van der Waals surface area contributed by atoms with Crippen LogP contribution in [0.5, 0.6) is 0 Å². The standard InChI is InChI=1S/C18H30N4O3/c1-12(15(23)20-14(11-19)13-7-3-2-4-8-13)22-16(24)18(21-17(22)25)9-5-6-10-18/h12-14H,2-11,19H2,1H3,(H,20,23)(H,21,25). The van der Waals surface area contributed by atoms with Crippen LogP contribution < -0.4 is 16.4 Å². The van der Waals surface area contributed by atoms with Gasteiger partial charge in [-0.15, -0.1) is 0 Å². The molecule has 7 nitrogen and oxygen atoms in total. The second-order valence-electron chi connectivity index (χ2n) is 7.82. The molecule has 0 aromatic rings. The lowest BCUT2D eigenvalue weighted by Gasteiger charge is -2.32. The number of urea groups is 1. The van der Waals surface area contributed by atoms with Gasteiger partial charge in [0.2, 0.25) is 5.91 Å². The van der Waals surface area contributed by atoms with E-state index in [0.717, 1.165) is 30.6 Å². The first-order chi connectivity index (χ1) is 12.0. The molecule has 3 fully saturated rings. The zero-order valence-corrected chi connectivity index (χ0v) is 15.1. The highest BCUT2D eigenvalue weighted by atomic mass is 16.2. The number of amides is 4. The van der Waals surface area contributed by atoms with Gasteiger partial charge in [0.05, 0.1) is 0 Å². The van der Waals surface area contributed by atoms with E-state index >= 15 is 0 Å². The molecule has 140 valence electrons. The van der Waals surface area contributed by atoms with Crippen LogP contribution in [0, 0.1) is 5.92 Å². The van der Waals surface area contributed by atoms with Crippen LogP contribution in [0.3, 0.4) is 0 Å². The van der Waals surface area contributed by atoms with Crippen molar-refractivity contribution in [2.45, 2.75) is 82.3 Å². The smallest absolute Gasteiger partial charge is 0.325 e. The van der Waals surface area contributed by atoms with E-state index in [-0.39, 0.29) is 17.9 Å². The third-order valence-electron chi connectivity index (χ3n) is 6.22. The number of carbonyl (C=O) groups excluding carboxylic acids is 3. The van der Waals surface area contributed by atoms with Gasteiger partial charge in [-0.2, -0.15) is 0 Å². The molecule has 2 atom stereocenters. The van der Waals surface area contributed by atoms with E-state index in [4.69, 9.17) is 5.73 Å². The van der Waals surface area contributed by atoms with Crippen LogP contribution in [0.4, 0.5) is 4.79 Å². The SMILES string of the molecule is CC(C(=O)NC(CN)C1CCCCC1)N1C(=O)NC2(CCCC2)C1=O. The summed E-state index contributed by atoms with van der Waals surface area (Å²) < 4.78 is 0. The van der Waals surface area contributed by atoms with Crippen LogP contribution in [-0.4, -0.2) is 46.9 Å². The van der Waals surface area contributed by atoms with Crippen molar-refractivity contribution in [1.82, 2.24) is 15.5 Å². The third kappa shape index (κ3) is 3.38. The summed E-state index contributed by atoms with van der Waals surface area (Å²) in [4.78, 5) is 38.9. The van der Waals surface area contributed by atoms with Crippen LogP contribution >= 0.6 is 0 Å². The van der Waals surface area contributed by atoms with E-state index < -0.39 is 17.6 Å². The van der Waals surface area contributed by atoms with Crippen molar-refractivity contribution in [2.24, 2.45) is 11.7 Å². The lowest BCUT2D eigenvalue weighted by molar-refractivity contribution is -0.138. The normalized spacial score (nSPS) is 25.9. The average Bonchev–Trinajstić information content (AvgIpc) is 3.18. The summed E-state index contributed by atoms with van der Waals surface area (Å²) in [6.45, 7) is 2.00. The van der Waals surface area contributed by atoms with Crippen LogP contribution in [0.15, 0.2) is 0 Å². The minimum Gasteiger partial charge on any atom is -0.350 e. The number of rotatable bonds is 5. The summed E-state index contributed by atoms with van der Waals surface area (Å²) >= 11 is 0. The molecule has 3 aliphatic rings. The summed E-state index contributed by atoms with van der Waals surface area (Å²) in [5, 5.41) is 5.82. The zero-order chi connectivity index (χ0) is 18.0. The number of imide groups is 1. The summed E-state index contributed by atoms with van der Waals surface area (Å²) in [6, 6.07) is -1.35. The lowest BCUT2D eigenvalue weighted by Crippen LogP contribution is -2.54. The van der Waals surface area contributed by atoms with Crippen molar-refractivity contribution in [3.05, 3.63) is 0 Å². The van der Waals surface area contributed by atoms with E-state index in [2.05, 4.69) is 10.6 Å². The van der Waals surface area contributed by atoms with Gasteiger partial charge in [0.1, 0.15) is 11.6 Å². The third-order valence-corrected chi connectivity index (χ3v) is 6.22. The topological polar surface area (TPSA) is 105 Å².